The van der Waals surface area contributed by atoms with Crippen LogP contribution >= 0.6 is 0 Å². The predicted molar refractivity (Wildman–Crippen MR) is 97.5 cm³/mol. The topological polar surface area (TPSA) is 114 Å². The summed E-state index contributed by atoms with van der Waals surface area (Å²) in [4.78, 5) is 17.8. The molecule has 0 aromatic heterocycles. The van der Waals surface area contributed by atoms with Gasteiger partial charge >= 0.3 is 0 Å². The third-order valence-electron chi connectivity index (χ3n) is 7.07. The van der Waals surface area contributed by atoms with Crippen LogP contribution in [0.1, 0.15) is 27.7 Å². The molecule has 4 N–H and O–H groups in total. The number of hydrogen-bond acceptors (Lipinski definition) is 8. The van der Waals surface area contributed by atoms with Crippen LogP contribution in [0.15, 0.2) is 0 Å². The lowest BCUT2D eigenvalue weighted by Gasteiger charge is -2.67. The van der Waals surface area contributed by atoms with Gasteiger partial charge in [0.25, 0.3) is 0 Å². The van der Waals surface area contributed by atoms with E-state index in [1.165, 1.54) is 0 Å². The summed E-state index contributed by atoms with van der Waals surface area (Å²) in [6.45, 7) is 10.2. The average Bonchev–Trinajstić information content (AvgIpc) is 2.61. The minimum Gasteiger partial charge on any atom is -0.394 e. The fourth-order valence-electron chi connectivity index (χ4n) is 5.10. The minimum atomic E-state index is -1.47. The van der Waals surface area contributed by atoms with E-state index in [0.717, 1.165) is 0 Å². The number of aliphatic hydroxyl groups excluding tert-OH is 4. The van der Waals surface area contributed by atoms with Crippen molar-refractivity contribution < 1.29 is 30.0 Å². The van der Waals surface area contributed by atoms with Crippen molar-refractivity contribution in [2.24, 2.45) is 22.7 Å². The van der Waals surface area contributed by atoms with Gasteiger partial charge in [0.1, 0.15) is 18.3 Å². The molecule has 3 atom stereocenters. The van der Waals surface area contributed by atoms with Gasteiger partial charge in [-0.25, -0.2) is 0 Å². The summed E-state index contributed by atoms with van der Waals surface area (Å²) >= 11 is 0. The Morgan fingerprint density at radius 2 is 1.41 bits per heavy atom. The lowest BCUT2D eigenvalue weighted by Crippen LogP contribution is -2.81. The van der Waals surface area contributed by atoms with Gasteiger partial charge in [0, 0.05) is 26.2 Å². The van der Waals surface area contributed by atoms with Crippen molar-refractivity contribution in [3.63, 3.8) is 0 Å². The van der Waals surface area contributed by atoms with Crippen molar-refractivity contribution in [2.75, 3.05) is 39.4 Å². The van der Waals surface area contributed by atoms with Gasteiger partial charge in [-0.3, -0.25) is 14.6 Å². The maximum absolute atomic E-state index is 13.5. The number of hydrogen-bond donors (Lipinski definition) is 4. The minimum absolute atomic E-state index is 0.160. The van der Waals surface area contributed by atoms with Crippen molar-refractivity contribution in [1.82, 2.24) is 9.80 Å². The fraction of sp³-hybridized carbons (Fsp3) is 0.947. The summed E-state index contributed by atoms with van der Waals surface area (Å²) in [5.41, 5.74) is -0.794. The number of Topliss-reactive ketones (excluding diaryl/α,β-unsaturated/α-hetero) is 1. The van der Waals surface area contributed by atoms with Gasteiger partial charge < -0.3 is 25.2 Å². The van der Waals surface area contributed by atoms with Crippen LogP contribution in [0, 0.1) is 22.7 Å². The Balaban J connectivity index is 1.75. The third-order valence-corrected chi connectivity index (χ3v) is 7.07. The van der Waals surface area contributed by atoms with E-state index in [1.54, 1.807) is 0 Å². The molecule has 4 bridgehead atoms. The largest absolute Gasteiger partial charge is 0.394 e. The van der Waals surface area contributed by atoms with E-state index in [4.69, 9.17) is 9.84 Å². The van der Waals surface area contributed by atoms with E-state index in [-0.39, 0.29) is 24.8 Å². The molecule has 4 saturated heterocycles. The molecule has 27 heavy (non-hydrogen) atoms. The van der Waals surface area contributed by atoms with Crippen LogP contribution in [0.4, 0.5) is 0 Å². The van der Waals surface area contributed by atoms with Crippen LogP contribution in [0.3, 0.4) is 0 Å². The zero-order chi connectivity index (χ0) is 20.1. The third kappa shape index (κ3) is 3.15. The number of ether oxygens (including phenoxy) is 1. The monoisotopic (exact) mass is 386 g/mol. The SMILES string of the molecule is CC(C)C12CN3CC(C(C)C)(CN(C1)C3OC[C@H](O)[C@H](O)[C@@H](O)CO)C2=O. The zero-order valence-electron chi connectivity index (χ0n) is 16.7. The highest BCUT2D eigenvalue weighted by molar-refractivity contribution is 5.94. The smallest absolute Gasteiger partial charge is 0.168 e. The first kappa shape index (κ1) is 21.1. The molecule has 4 aliphatic rings. The molecule has 4 fully saturated rings. The summed E-state index contributed by atoms with van der Waals surface area (Å²) in [7, 11) is 0. The fourth-order valence-corrected chi connectivity index (χ4v) is 5.10. The molecule has 4 heterocycles. The number of nitrogens with zero attached hydrogens (tertiary/aromatic N) is 2. The summed E-state index contributed by atoms with van der Waals surface area (Å²) < 4.78 is 5.92. The molecule has 0 aliphatic carbocycles. The van der Waals surface area contributed by atoms with E-state index < -0.39 is 35.7 Å². The first-order valence-electron chi connectivity index (χ1n) is 9.88. The molecule has 0 saturated carbocycles. The second-order valence-corrected chi connectivity index (χ2v) is 9.23. The van der Waals surface area contributed by atoms with E-state index in [0.29, 0.717) is 32.0 Å². The van der Waals surface area contributed by atoms with E-state index in [9.17, 15) is 20.1 Å². The first-order chi connectivity index (χ1) is 12.6. The Labute approximate surface area is 160 Å². The average molecular weight is 386 g/mol. The van der Waals surface area contributed by atoms with E-state index >= 15 is 0 Å². The molecule has 0 radical (unpaired) electrons. The Kier molecular flexibility index (Phi) is 5.73. The number of ketones is 1. The second-order valence-electron chi connectivity index (χ2n) is 9.23. The lowest BCUT2D eigenvalue weighted by atomic mass is 9.54. The molecule has 4 rings (SSSR count). The Morgan fingerprint density at radius 1 is 0.963 bits per heavy atom. The highest BCUT2D eigenvalue weighted by atomic mass is 16.5. The van der Waals surface area contributed by atoms with Gasteiger partial charge in [0.15, 0.2) is 12.1 Å². The van der Waals surface area contributed by atoms with E-state index in [1.807, 2.05) is 0 Å². The summed E-state index contributed by atoms with van der Waals surface area (Å²) in [6.07, 6.45) is -4.53. The number of piperidine rings is 2. The van der Waals surface area contributed by atoms with Crippen molar-refractivity contribution in [3.05, 3.63) is 0 Å². The van der Waals surface area contributed by atoms with Crippen LogP contribution in [-0.2, 0) is 9.53 Å². The summed E-state index contributed by atoms with van der Waals surface area (Å²) in [6, 6.07) is 0. The van der Waals surface area contributed by atoms with Gasteiger partial charge in [-0.2, -0.15) is 0 Å². The van der Waals surface area contributed by atoms with Crippen molar-refractivity contribution in [1.29, 1.82) is 0 Å². The van der Waals surface area contributed by atoms with Crippen LogP contribution in [0.5, 0.6) is 0 Å². The highest BCUT2D eigenvalue weighted by Gasteiger charge is 2.67. The second kappa shape index (κ2) is 7.33. The maximum atomic E-state index is 13.5. The van der Waals surface area contributed by atoms with Crippen LogP contribution in [0.2, 0.25) is 0 Å². The molecule has 0 amide bonds. The van der Waals surface area contributed by atoms with Gasteiger partial charge in [-0.1, -0.05) is 27.7 Å². The van der Waals surface area contributed by atoms with Crippen molar-refractivity contribution in [3.8, 4) is 0 Å². The van der Waals surface area contributed by atoms with Gasteiger partial charge in [0.2, 0.25) is 0 Å². The normalized spacial score (nSPS) is 41.4. The summed E-state index contributed by atoms with van der Waals surface area (Å²) in [5.74, 6) is 0.830. The number of rotatable bonds is 8. The van der Waals surface area contributed by atoms with Crippen LogP contribution in [-0.4, -0.2) is 100 Å². The van der Waals surface area contributed by atoms with Crippen LogP contribution < -0.4 is 0 Å². The molecule has 8 heteroatoms. The van der Waals surface area contributed by atoms with E-state index in [2.05, 4.69) is 37.5 Å². The highest BCUT2D eigenvalue weighted by Crippen LogP contribution is 2.54. The predicted octanol–water partition coefficient (Wildman–Crippen LogP) is -1.14. The Bertz CT molecular complexity index is 522. The molecule has 0 spiro atoms. The molecular weight excluding hydrogens is 352 g/mol. The van der Waals surface area contributed by atoms with Gasteiger partial charge in [0.05, 0.1) is 24.0 Å². The quantitative estimate of drug-likeness (QED) is 0.414. The van der Waals surface area contributed by atoms with Crippen molar-refractivity contribution >= 4 is 5.78 Å². The molecular formula is C19H34N2O6. The number of carbonyl (C=O) groups excluding carboxylic acids is 1. The molecule has 8 nitrogen and oxygen atoms in total. The Hall–Kier alpha value is -0.610. The van der Waals surface area contributed by atoms with Gasteiger partial charge in [-0.05, 0) is 11.8 Å². The van der Waals surface area contributed by atoms with Gasteiger partial charge in [-0.15, -0.1) is 0 Å². The molecule has 0 aromatic rings. The standard InChI is InChI=1S/C19H34N2O6/c1-11(2)18-7-20-9-19(12(3)4,16(18)26)10-21(8-18)17(20)27-6-14(24)15(25)13(23)5-22/h11-15,17,22-25H,5-10H2,1-4H3/t13-,14-,15+,17?,18?,19?/m0/s1. The zero-order valence-corrected chi connectivity index (χ0v) is 16.7. The van der Waals surface area contributed by atoms with Crippen molar-refractivity contribution in [2.45, 2.75) is 52.4 Å². The Morgan fingerprint density at radius 3 is 1.78 bits per heavy atom. The lowest BCUT2D eigenvalue weighted by molar-refractivity contribution is -0.282. The van der Waals surface area contributed by atoms with Crippen LogP contribution in [0.25, 0.3) is 0 Å². The first-order valence-corrected chi connectivity index (χ1v) is 9.88. The molecule has 156 valence electrons. The maximum Gasteiger partial charge on any atom is 0.168 e. The summed E-state index contributed by atoms with van der Waals surface area (Å²) in [5, 5.41) is 38.3. The molecule has 0 aromatic carbocycles. The number of carbonyl (C=O) groups is 1. The molecule has 0 unspecified atom stereocenters. The molecule has 4 aliphatic heterocycles. The number of aliphatic hydroxyl groups is 4.